The fraction of sp³-hybridized carbons (Fsp3) is 0.647. The van der Waals surface area contributed by atoms with Crippen LogP contribution in [0.3, 0.4) is 0 Å². The molecule has 1 unspecified atom stereocenters. The van der Waals surface area contributed by atoms with Crippen molar-refractivity contribution in [1.29, 1.82) is 0 Å². The van der Waals surface area contributed by atoms with E-state index in [9.17, 15) is 5.11 Å². The second-order valence-corrected chi connectivity index (χ2v) is 6.19. The number of aliphatic hydroxyl groups is 1. The molecule has 0 aromatic heterocycles. The molecule has 2 fully saturated rings. The summed E-state index contributed by atoms with van der Waals surface area (Å²) in [4.78, 5) is 7.10. The van der Waals surface area contributed by atoms with Gasteiger partial charge in [0.25, 0.3) is 0 Å². The molecule has 2 saturated heterocycles. The monoisotopic (exact) mass is 305 g/mol. The minimum absolute atomic E-state index is 0.263. The molecule has 5 heteroatoms. The molecule has 122 valence electrons. The van der Waals surface area contributed by atoms with E-state index in [2.05, 4.69) is 45.0 Å². The number of β-amino-alcohol motifs (C(OH)–C–C–N with tert-alkyl or cyclic N) is 1. The summed E-state index contributed by atoms with van der Waals surface area (Å²) in [6.07, 6.45) is -0.263. The highest BCUT2D eigenvalue weighted by Crippen LogP contribution is 2.15. The Kier molecular flexibility index (Phi) is 5.67. The first-order chi connectivity index (χ1) is 10.8. The van der Waals surface area contributed by atoms with Crippen LogP contribution in [0.5, 0.6) is 0 Å². The van der Waals surface area contributed by atoms with Crippen LogP contribution in [-0.4, -0.2) is 86.6 Å². The average Bonchev–Trinajstić information content (AvgIpc) is 2.57. The minimum Gasteiger partial charge on any atom is -0.390 e. The lowest BCUT2D eigenvalue weighted by molar-refractivity contribution is 0.00656. The highest BCUT2D eigenvalue weighted by atomic mass is 16.5. The Bertz CT molecular complexity index is 429. The zero-order valence-electron chi connectivity index (χ0n) is 13.2. The largest absolute Gasteiger partial charge is 0.390 e. The maximum absolute atomic E-state index is 10.3. The molecule has 0 saturated carbocycles. The van der Waals surface area contributed by atoms with Gasteiger partial charge in [0, 0.05) is 58.0 Å². The summed E-state index contributed by atoms with van der Waals surface area (Å²) >= 11 is 0. The molecule has 2 aliphatic rings. The van der Waals surface area contributed by atoms with E-state index in [0.717, 1.165) is 65.6 Å². The minimum atomic E-state index is -0.263. The third-order valence-corrected chi connectivity index (χ3v) is 4.54. The predicted molar refractivity (Wildman–Crippen MR) is 88.4 cm³/mol. The molecule has 0 bridgehead atoms. The molecule has 1 N–H and O–H groups in total. The van der Waals surface area contributed by atoms with Crippen LogP contribution in [0.1, 0.15) is 0 Å². The number of hydrogen-bond acceptors (Lipinski definition) is 5. The van der Waals surface area contributed by atoms with Crippen molar-refractivity contribution < 1.29 is 9.84 Å². The predicted octanol–water partition coefficient (Wildman–Crippen LogP) is 0.502. The summed E-state index contributed by atoms with van der Waals surface area (Å²) in [7, 11) is 0. The van der Waals surface area contributed by atoms with Crippen LogP contribution in [0.2, 0.25) is 0 Å². The molecule has 22 heavy (non-hydrogen) atoms. The van der Waals surface area contributed by atoms with Crippen LogP contribution in [0.25, 0.3) is 0 Å². The summed E-state index contributed by atoms with van der Waals surface area (Å²) < 4.78 is 5.35. The first kappa shape index (κ1) is 15.7. The first-order valence-electron chi connectivity index (χ1n) is 8.32. The van der Waals surface area contributed by atoms with Crippen molar-refractivity contribution >= 4 is 5.69 Å². The van der Waals surface area contributed by atoms with Gasteiger partial charge in [-0.3, -0.25) is 9.80 Å². The number of benzene rings is 1. The number of ether oxygens (including phenoxy) is 1. The third kappa shape index (κ3) is 4.43. The Balaban J connectivity index is 1.39. The maximum Gasteiger partial charge on any atom is 0.0793 e. The lowest BCUT2D eigenvalue weighted by Crippen LogP contribution is -2.50. The van der Waals surface area contributed by atoms with Gasteiger partial charge < -0.3 is 14.7 Å². The molecule has 0 amide bonds. The van der Waals surface area contributed by atoms with Gasteiger partial charge in [-0.25, -0.2) is 0 Å². The molecule has 0 aliphatic carbocycles. The Morgan fingerprint density at radius 1 is 0.864 bits per heavy atom. The fourth-order valence-corrected chi connectivity index (χ4v) is 3.27. The third-order valence-electron chi connectivity index (χ3n) is 4.54. The summed E-state index contributed by atoms with van der Waals surface area (Å²) in [5.41, 5.74) is 1.30. The van der Waals surface area contributed by atoms with Crippen molar-refractivity contribution in [2.45, 2.75) is 6.10 Å². The number of piperazine rings is 1. The maximum atomic E-state index is 10.3. The normalized spacial score (nSPS) is 22.7. The van der Waals surface area contributed by atoms with E-state index in [4.69, 9.17) is 4.74 Å². The molecule has 2 aliphatic heterocycles. The topological polar surface area (TPSA) is 39.2 Å². The molecule has 5 nitrogen and oxygen atoms in total. The molecule has 0 radical (unpaired) electrons. The molecular weight excluding hydrogens is 278 g/mol. The molecule has 2 heterocycles. The standard InChI is InChI=1S/C17H27N3O2/c21-17(15-19-10-12-22-13-11-19)14-18-6-8-20(9-7-18)16-4-2-1-3-5-16/h1-5,17,21H,6-15H2. The van der Waals surface area contributed by atoms with Crippen LogP contribution < -0.4 is 4.90 Å². The van der Waals surface area contributed by atoms with E-state index in [1.807, 2.05) is 0 Å². The van der Waals surface area contributed by atoms with Crippen LogP contribution in [0.4, 0.5) is 5.69 Å². The van der Waals surface area contributed by atoms with Crippen molar-refractivity contribution in [2.75, 3.05) is 70.5 Å². The number of anilines is 1. The van der Waals surface area contributed by atoms with Gasteiger partial charge in [-0.15, -0.1) is 0 Å². The van der Waals surface area contributed by atoms with E-state index in [0.29, 0.717) is 0 Å². The number of hydrogen-bond donors (Lipinski definition) is 1. The van der Waals surface area contributed by atoms with Crippen LogP contribution in [-0.2, 0) is 4.74 Å². The zero-order chi connectivity index (χ0) is 15.2. The number of rotatable bonds is 5. The SMILES string of the molecule is OC(CN1CCOCC1)CN1CCN(c2ccccc2)CC1. The van der Waals surface area contributed by atoms with Gasteiger partial charge in [0.1, 0.15) is 0 Å². The number of morpholine rings is 1. The number of aliphatic hydroxyl groups excluding tert-OH is 1. The number of para-hydroxylation sites is 1. The van der Waals surface area contributed by atoms with Gasteiger partial charge in [0.2, 0.25) is 0 Å². The van der Waals surface area contributed by atoms with Gasteiger partial charge in [-0.05, 0) is 12.1 Å². The van der Waals surface area contributed by atoms with Gasteiger partial charge >= 0.3 is 0 Å². The average molecular weight is 305 g/mol. The van der Waals surface area contributed by atoms with Crippen molar-refractivity contribution in [3.8, 4) is 0 Å². The lowest BCUT2D eigenvalue weighted by atomic mass is 10.2. The summed E-state index contributed by atoms with van der Waals surface area (Å²) in [6, 6.07) is 10.6. The Hall–Kier alpha value is -1.14. The summed E-state index contributed by atoms with van der Waals surface area (Å²) in [5.74, 6) is 0. The second-order valence-electron chi connectivity index (χ2n) is 6.19. The summed E-state index contributed by atoms with van der Waals surface area (Å²) in [5, 5.41) is 10.3. The molecule has 3 rings (SSSR count). The molecular formula is C17H27N3O2. The van der Waals surface area contributed by atoms with Crippen molar-refractivity contribution in [3.63, 3.8) is 0 Å². The van der Waals surface area contributed by atoms with Crippen LogP contribution in [0, 0.1) is 0 Å². The fourth-order valence-electron chi connectivity index (χ4n) is 3.27. The molecule has 1 aromatic carbocycles. The van der Waals surface area contributed by atoms with E-state index in [1.54, 1.807) is 0 Å². The van der Waals surface area contributed by atoms with E-state index in [1.165, 1.54) is 5.69 Å². The first-order valence-corrected chi connectivity index (χ1v) is 8.32. The van der Waals surface area contributed by atoms with Gasteiger partial charge in [-0.2, -0.15) is 0 Å². The van der Waals surface area contributed by atoms with Crippen molar-refractivity contribution in [3.05, 3.63) is 30.3 Å². The molecule has 1 aromatic rings. The zero-order valence-corrected chi connectivity index (χ0v) is 13.2. The van der Waals surface area contributed by atoms with Gasteiger partial charge in [0.05, 0.1) is 19.3 Å². The van der Waals surface area contributed by atoms with Crippen LogP contribution >= 0.6 is 0 Å². The van der Waals surface area contributed by atoms with E-state index >= 15 is 0 Å². The highest BCUT2D eigenvalue weighted by Gasteiger charge is 2.21. The van der Waals surface area contributed by atoms with Crippen molar-refractivity contribution in [1.82, 2.24) is 9.80 Å². The Morgan fingerprint density at radius 3 is 2.09 bits per heavy atom. The van der Waals surface area contributed by atoms with E-state index < -0.39 is 0 Å². The molecule has 1 atom stereocenters. The van der Waals surface area contributed by atoms with Gasteiger partial charge in [-0.1, -0.05) is 18.2 Å². The van der Waals surface area contributed by atoms with Crippen molar-refractivity contribution in [2.24, 2.45) is 0 Å². The Labute approximate surface area is 133 Å². The summed E-state index contributed by atoms with van der Waals surface area (Å²) in [6.45, 7) is 9.14. The van der Waals surface area contributed by atoms with E-state index in [-0.39, 0.29) is 6.10 Å². The second kappa shape index (κ2) is 7.92. The van der Waals surface area contributed by atoms with Gasteiger partial charge in [0.15, 0.2) is 0 Å². The molecule has 0 spiro atoms. The highest BCUT2D eigenvalue weighted by molar-refractivity contribution is 5.46. The smallest absolute Gasteiger partial charge is 0.0793 e. The number of nitrogens with zero attached hydrogens (tertiary/aromatic N) is 3. The quantitative estimate of drug-likeness (QED) is 0.858. The lowest BCUT2D eigenvalue weighted by Gasteiger charge is -2.37. The van der Waals surface area contributed by atoms with Crippen LogP contribution in [0.15, 0.2) is 30.3 Å². The Morgan fingerprint density at radius 2 is 1.45 bits per heavy atom.